The van der Waals surface area contributed by atoms with E-state index in [2.05, 4.69) is 0 Å². The van der Waals surface area contributed by atoms with Crippen LogP contribution in [0.15, 0.2) is 36.4 Å². The molecule has 1 unspecified atom stereocenters. The Hall–Kier alpha value is -2.96. The molecule has 5 nitrogen and oxygen atoms in total. The second-order valence-electron chi connectivity index (χ2n) is 8.74. The van der Waals surface area contributed by atoms with Crippen molar-refractivity contribution in [3.63, 3.8) is 0 Å². The second kappa shape index (κ2) is 7.70. The number of hydrogen-bond acceptors (Lipinski definition) is 4. The minimum Gasteiger partial charge on any atom is -0.487 e. The van der Waals surface area contributed by atoms with Crippen LogP contribution >= 0.6 is 0 Å². The van der Waals surface area contributed by atoms with E-state index in [4.69, 9.17) is 14.6 Å². The molecule has 160 valence electrons. The molecule has 0 aromatic heterocycles. The lowest BCUT2D eigenvalue weighted by Gasteiger charge is -2.35. The Kier molecular flexibility index (Phi) is 5.58. The van der Waals surface area contributed by atoms with Crippen LogP contribution in [0.5, 0.6) is 11.5 Å². The van der Waals surface area contributed by atoms with Crippen molar-refractivity contribution < 1.29 is 33.0 Å². The van der Waals surface area contributed by atoms with Crippen LogP contribution in [0.2, 0.25) is 0 Å². The van der Waals surface area contributed by atoms with Gasteiger partial charge in [-0.3, -0.25) is 9.59 Å². The zero-order valence-electron chi connectivity index (χ0n) is 17.3. The molecule has 2 aliphatic rings. The molecule has 0 bridgehead atoms. The fourth-order valence-corrected chi connectivity index (χ4v) is 3.67. The van der Waals surface area contributed by atoms with Gasteiger partial charge in [0.25, 0.3) is 0 Å². The third-order valence-electron chi connectivity index (χ3n) is 4.95. The molecule has 7 heteroatoms. The number of carboxylic acid groups (broad SMARTS) is 1. The molecule has 4 rings (SSSR count). The van der Waals surface area contributed by atoms with Gasteiger partial charge in [0.1, 0.15) is 34.3 Å². The van der Waals surface area contributed by atoms with Crippen molar-refractivity contribution in [3.8, 4) is 11.5 Å². The van der Waals surface area contributed by atoms with Gasteiger partial charge in [0, 0.05) is 24.1 Å². The van der Waals surface area contributed by atoms with Gasteiger partial charge in [-0.1, -0.05) is 6.07 Å². The number of hydrogen-bond donors (Lipinski definition) is 1. The van der Waals surface area contributed by atoms with Crippen LogP contribution in [0.25, 0.3) is 0 Å². The quantitative estimate of drug-likeness (QED) is 0.696. The summed E-state index contributed by atoms with van der Waals surface area (Å²) < 4.78 is 37.0. The summed E-state index contributed by atoms with van der Waals surface area (Å²) in [6.45, 7) is 7.24. The molecule has 1 atom stereocenters. The average Bonchev–Trinajstić information content (AvgIpc) is 2.58. The molecule has 1 N–H and O–H groups in total. The van der Waals surface area contributed by atoms with Gasteiger partial charge < -0.3 is 14.6 Å². The number of carbonyl (C=O) groups excluding carboxylic acids is 1. The van der Waals surface area contributed by atoms with Crippen LogP contribution in [0, 0.1) is 11.6 Å². The van der Waals surface area contributed by atoms with E-state index in [0.717, 1.165) is 0 Å². The van der Waals surface area contributed by atoms with E-state index in [1.807, 2.05) is 13.8 Å². The minimum absolute atomic E-state index is 0.0104. The smallest absolute Gasteiger partial charge is 0.311 e. The van der Waals surface area contributed by atoms with E-state index < -0.39 is 28.9 Å². The summed E-state index contributed by atoms with van der Waals surface area (Å²) in [6, 6.07) is 8.00. The number of ether oxygens (including phenoxy) is 2. The predicted molar refractivity (Wildman–Crippen MR) is 106 cm³/mol. The minimum atomic E-state index is -0.899. The van der Waals surface area contributed by atoms with Gasteiger partial charge in [0.15, 0.2) is 5.78 Å². The summed E-state index contributed by atoms with van der Waals surface area (Å²) in [5, 5.41) is 9.14. The van der Waals surface area contributed by atoms with Crippen molar-refractivity contribution in [2.45, 2.75) is 57.7 Å². The Balaban J connectivity index is 0.000000172. The standard InChI is InChI=1S/C12H13FO3.C11H11FO2/c1-12(2)6-9(11(14)15)8-4-3-7(13)5-10(8)16-12;1-11(2)6-9(13)8-4-3-7(12)5-10(8)14-11/h3-5,9H,6H2,1-2H3,(H,14,15);3-5H,6H2,1-2H3. The van der Waals surface area contributed by atoms with Crippen molar-refractivity contribution in [2.75, 3.05) is 0 Å². The zero-order chi connectivity index (χ0) is 22.3. The van der Waals surface area contributed by atoms with Crippen LogP contribution in [-0.2, 0) is 4.79 Å². The Morgan fingerprint density at radius 3 is 2.17 bits per heavy atom. The van der Waals surface area contributed by atoms with Crippen LogP contribution in [0.1, 0.15) is 62.4 Å². The summed E-state index contributed by atoms with van der Waals surface area (Å²) in [6.07, 6.45) is 0.729. The molecule has 2 aromatic rings. The van der Waals surface area contributed by atoms with Crippen molar-refractivity contribution in [1.29, 1.82) is 0 Å². The Bertz CT molecular complexity index is 997. The van der Waals surface area contributed by atoms with Crippen LogP contribution in [0.4, 0.5) is 8.78 Å². The van der Waals surface area contributed by atoms with E-state index in [0.29, 0.717) is 35.5 Å². The average molecular weight is 418 g/mol. The second-order valence-corrected chi connectivity index (χ2v) is 8.74. The number of halogens is 2. The first-order valence-electron chi connectivity index (χ1n) is 9.60. The number of rotatable bonds is 1. The van der Waals surface area contributed by atoms with Crippen LogP contribution in [0.3, 0.4) is 0 Å². The number of carboxylic acids is 1. The summed E-state index contributed by atoms with van der Waals surface area (Å²) in [5.74, 6) is -1.62. The molecule has 0 saturated heterocycles. The van der Waals surface area contributed by atoms with Crippen molar-refractivity contribution in [2.24, 2.45) is 0 Å². The zero-order valence-corrected chi connectivity index (χ0v) is 17.3. The van der Waals surface area contributed by atoms with Gasteiger partial charge in [-0.15, -0.1) is 0 Å². The van der Waals surface area contributed by atoms with Crippen LogP contribution in [-0.4, -0.2) is 28.1 Å². The third-order valence-corrected chi connectivity index (χ3v) is 4.95. The highest BCUT2D eigenvalue weighted by Crippen LogP contribution is 2.41. The van der Waals surface area contributed by atoms with Crippen LogP contribution < -0.4 is 9.47 Å². The topological polar surface area (TPSA) is 72.8 Å². The van der Waals surface area contributed by atoms with E-state index in [1.54, 1.807) is 13.8 Å². The number of aliphatic carboxylic acids is 1. The van der Waals surface area contributed by atoms with Gasteiger partial charge in [-0.2, -0.15) is 0 Å². The van der Waals surface area contributed by atoms with Gasteiger partial charge in [0.2, 0.25) is 0 Å². The summed E-state index contributed by atoms with van der Waals surface area (Å²) in [7, 11) is 0. The van der Waals surface area contributed by atoms with E-state index in [-0.39, 0.29) is 11.6 Å². The fourth-order valence-electron chi connectivity index (χ4n) is 3.67. The third kappa shape index (κ3) is 4.78. The lowest BCUT2D eigenvalue weighted by molar-refractivity contribution is -0.140. The molecule has 30 heavy (non-hydrogen) atoms. The van der Waals surface area contributed by atoms with Gasteiger partial charge in [-0.25, -0.2) is 8.78 Å². The van der Waals surface area contributed by atoms with Crippen molar-refractivity contribution >= 4 is 11.8 Å². The number of ketones is 1. The monoisotopic (exact) mass is 418 g/mol. The highest BCUT2D eigenvalue weighted by Gasteiger charge is 2.37. The molecule has 0 radical (unpaired) electrons. The molecule has 0 amide bonds. The molecule has 2 aliphatic heterocycles. The lowest BCUT2D eigenvalue weighted by atomic mass is 9.84. The number of Topliss-reactive ketones (excluding diaryl/α,β-unsaturated/α-hetero) is 1. The normalized spacial score (nSPS) is 20.5. The van der Waals surface area contributed by atoms with Crippen molar-refractivity contribution in [3.05, 3.63) is 59.2 Å². The van der Waals surface area contributed by atoms with E-state index in [1.165, 1.54) is 36.4 Å². The fraction of sp³-hybridized carbons (Fsp3) is 0.391. The summed E-state index contributed by atoms with van der Waals surface area (Å²) >= 11 is 0. The maximum atomic E-state index is 13.0. The molecular weight excluding hydrogens is 394 g/mol. The predicted octanol–water partition coefficient (Wildman–Crippen LogP) is 5.12. The molecule has 2 heterocycles. The van der Waals surface area contributed by atoms with Gasteiger partial charge in [-0.05, 0) is 45.9 Å². The number of carbonyl (C=O) groups is 2. The number of benzene rings is 2. The maximum absolute atomic E-state index is 13.0. The van der Waals surface area contributed by atoms with E-state index in [9.17, 15) is 18.4 Å². The molecule has 2 aromatic carbocycles. The highest BCUT2D eigenvalue weighted by atomic mass is 19.1. The molecule has 0 saturated carbocycles. The Morgan fingerprint density at radius 1 is 0.967 bits per heavy atom. The maximum Gasteiger partial charge on any atom is 0.311 e. The number of fused-ring (bicyclic) bond motifs is 2. The Morgan fingerprint density at radius 2 is 1.53 bits per heavy atom. The highest BCUT2D eigenvalue weighted by molar-refractivity contribution is 6.00. The van der Waals surface area contributed by atoms with E-state index >= 15 is 0 Å². The first kappa shape index (κ1) is 21.7. The Labute approximate surface area is 173 Å². The van der Waals surface area contributed by atoms with Gasteiger partial charge >= 0.3 is 5.97 Å². The molecule has 0 fully saturated rings. The largest absolute Gasteiger partial charge is 0.487 e. The SMILES string of the molecule is CC1(C)CC(=O)c2ccc(F)cc2O1.CC1(C)CC(C(=O)O)c2ccc(F)cc2O1. The lowest BCUT2D eigenvalue weighted by Crippen LogP contribution is -2.37. The summed E-state index contributed by atoms with van der Waals surface area (Å²) in [4.78, 5) is 22.8. The summed E-state index contributed by atoms with van der Waals surface area (Å²) in [5.41, 5.74) is -0.0826. The molecule has 0 spiro atoms. The van der Waals surface area contributed by atoms with Crippen molar-refractivity contribution in [1.82, 2.24) is 0 Å². The van der Waals surface area contributed by atoms with Gasteiger partial charge in [0.05, 0.1) is 17.9 Å². The first-order valence-corrected chi connectivity index (χ1v) is 9.60. The molecular formula is C23H24F2O5. The molecule has 0 aliphatic carbocycles. The first-order chi connectivity index (χ1) is 13.9.